The highest BCUT2D eigenvalue weighted by Gasteiger charge is 2.13. The maximum atomic E-state index is 11.6. The number of pyridine rings is 2. The Bertz CT molecular complexity index is 1380. The second-order valence-corrected chi connectivity index (χ2v) is 7.85. The van der Waals surface area contributed by atoms with Crippen molar-refractivity contribution in [2.24, 2.45) is 0 Å². The zero-order chi connectivity index (χ0) is 23.4. The Morgan fingerprint density at radius 1 is 1.21 bits per heavy atom. The van der Waals surface area contributed by atoms with Crippen molar-refractivity contribution in [3.05, 3.63) is 82.8 Å². The third-order valence-electron chi connectivity index (χ3n) is 4.96. The molecule has 8 heteroatoms. The highest BCUT2D eigenvalue weighted by Crippen LogP contribution is 2.35. The van der Waals surface area contributed by atoms with E-state index in [1.807, 2.05) is 37.3 Å². The number of halogens is 1. The summed E-state index contributed by atoms with van der Waals surface area (Å²) in [6, 6.07) is 14.9. The number of fused-ring (bicyclic) bond motifs is 1. The molecule has 0 unspecified atom stereocenters. The predicted octanol–water partition coefficient (Wildman–Crippen LogP) is 5.74. The van der Waals surface area contributed by atoms with Gasteiger partial charge in [-0.25, -0.2) is 0 Å². The molecule has 4 rings (SSSR count). The quantitative estimate of drug-likeness (QED) is 0.382. The number of carbonyl (C=O) groups is 1. The average molecular weight is 458 g/mol. The van der Waals surface area contributed by atoms with Crippen molar-refractivity contribution in [3.8, 4) is 11.8 Å². The molecule has 164 valence electrons. The molecule has 0 saturated heterocycles. The molecule has 0 aliphatic heterocycles. The third kappa shape index (κ3) is 5.03. The zero-order valence-corrected chi connectivity index (χ0v) is 18.8. The van der Waals surface area contributed by atoms with Crippen LogP contribution in [-0.2, 0) is 11.4 Å². The summed E-state index contributed by atoms with van der Waals surface area (Å²) in [5.41, 5.74) is 4.79. The van der Waals surface area contributed by atoms with Gasteiger partial charge in [-0.2, -0.15) is 5.26 Å². The van der Waals surface area contributed by atoms with E-state index in [1.54, 1.807) is 24.5 Å². The molecule has 0 aliphatic carbocycles. The van der Waals surface area contributed by atoms with Crippen LogP contribution < -0.4 is 15.4 Å². The first-order chi connectivity index (χ1) is 15.9. The Kier molecular flexibility index (Phi) is 6.38. The minimum Gasteiger partial charge on any atom is -0.487 e. The molecular formula is C25H20ClN5O2. The molecular weight excluding hydrogens is 438 g/mol. The van der Waals surface area contributed by atoms with Gasteiger partial charge in [-0.15, -0.1) is 0 Å². The summed E-state index contributed by atoms with van der Waals surface area (Å²) in [6.45, 7) is 3.69. The summed E-state index contributed by atoms with van der Waals surface area (Å²) in [4.78, 5) is 20.1. The van der Waals surface area contributed by atoms with Crippen LogP contribution in [0.4, 0.5) is 17.1 Å². The lowest BCUT2D eigenvalue weighted by molar-refractivity contribution is -0.114. The fourth-order valence-corrected chi connectivity index (χ4v) is 3.61. The summed E-state index contributed by atoms with van der Waals surface area (Å²) >= 11 is 6.45. The van der Waals surface area contributed by atoms with Crippen molar-refractivity contribution in [1.29, 1.82) is 5.26 Å². The lowest BCUT2D eigenvalue weighted by atomic mass is 10.1. The molecule has 0 fully saturated rings. The number of benzene rings is 2. The lowest BCUT2D eigenvalue weighted by Gasteiger charge is -2.15. The van der Waals surface area contributed by atoms with Crippen LogP contribution in [0.3, 0.4) is 0 Å². The number of amides is 1. The number of hydrogen-bond donors (Lipinski definition) is 2. The van der Waals surface area contributed by atoms with Crippen molar-refractivity contribution < 1.29 is 9.53 Å². The number of ether oxygens (including phenoxy) is 1. The van der Waals surface area contributed by atoms with Gasteiger partial charge in [0, 0.05) is 47.8 Å². The van der Waals surface area contributed by atoms with Crippen molar-refractivity contribution in [2.45, 2.75) is 20.5 Å². The minimum absolute atomic E-state index is 0.176. The van der Waals surface area contributed by atoms with Gasteiger partial charge >= 0.3 is 0 Å². The monoisotopic (exact) mass is 457 g/mol. The largest absolute Gasteiger partial charge is 0.487 e. The van der Waals surface area contributed by atoms with E-state index in [0.29, 0.717) is 50.9 Å². The number of aromatic nitrogens is 2. The van der Waals surface area contributed by atoms with Crippen LogP contribution in [0.25, 0.3) is 10.9 Å². The topological polar surface area (TPSA) is 99.9 Å². The van der Waals surface area contributed by atoms with Gasteiger partial charge in [-0.1, -0.05) is 17.7 Å². The molecule has 4 aromatic rings. The second-order valence-electron chi connectivity index (χ2n) is 7.44. The maximum absolute atomic E-state index is 11.6. The third-order valence-corrected chi connectivity index (χ3v) is 5.26. The summed E-state index contributed by atoms with van der Waals surface area (Å²) < 4.78 is 5.81. The Balaban J connectivity index is 1.65. The molecule has 0 radical (unpaired) electrons. The zero-order valence-electron chi connectivity index (χ0n) is 18.0. The van der Waals surface area contributed by atoms with Crippen molar-refractivity contribution in [1.82, 2.24) is 9.97 Å². The first-order valence-electron chi connectivity index (χ1n) is 10.1. The Morgan fingerprint density at radius 3 is 2.76 bits per heavy atom. The van der Waals surface area contributed by atoms with Crippen LogP contribution in [0, 0.1) is 18.3 Å². The number of anilines is 3. The summed E-state index contributed by atoms with van der Waals surface area (Å²) in [5.74, 6) is 0.361. The standard InChI is InChI=1S/C25H20ClN5O2/c1-15-8-23-20(10-22(15)30-16(2)32)25(18(11-27)13-29-23)31-19-5-6-24(21(26)9-19)33-14-17-4-3-7-28-12-17/h3-10,12-13H,14H2,1-2H3,(H,29,31)(H,30,32). The van der Waals surface area contributed by atoms with Crippen LogP contribution in [-0.4, -0.2) is 15.9 Å². The fourth-order valence-electron chi connectivity index (χ4n) is 3.37. The Morgan fingerprint density at radius 2 is 2.06 bits per heavy atom. The second kappa shape index (κ2) is 9.55. The van der Waals surface area contributed by atoms with Crippen LogP contribution in [0.5, 0.6) is 5.75 Å². The van der Waals surface area contributed by atoms with E-state index < -0.39 is 0 Å². The van der Waals surface area contributed by atoms with Crippen LogP contribution in [0.2, 0.25) is 5.02 Å². The van der Waals surface area contributed by atoms with E-state index in [2.05, 4.69) is 26.7 Å². The average Bonchev–Trinajstić information content (AvgIpc) is 2.80. The molecule has 33 heavy (non-hydrogen) atoms. The van der Waals surface area contributed by atoms with Crippen molar-refractivity contribution >= 4 is 45.5 Å². The first-order valence-corrected chi connectivity index (χ1v) is 10.5. The fraction of sp³-hybridized carbons (Fsp3) is 0.120. The van der Waals surface area contributed by atoms with Gasteiger partial charge in [0.15, 0.2) is 0 Å². The number of hydrogen-bond acceptors (Lipinski definition) is 6. The van der Waals surface area contributed by atoms with Gasteiger partial charge in [0.2, 0.25) is 5.91 Å². The highest BCUT2D eigenvalue weighted by molar-refractivity contribution is 6.32. The van der Waals surface area contributed by atoms with Crippen LogP contribution in [0.1, 0.15) is 23.6 Å². The minimum atomic E-state index is -0.176. The van der Waals surface area contributed by atoms with Gasteiger partial charge in [0.05, 0.1) is 21.8 Å². The van der Waals surface area contributed by atoms with E-state index in [1.165, 1.54) is 13.1 Å². The Labute approximate surface area is 196 Å². The molecule has 2 aromatic carbocycles. The van der Waals surface area contributed by atoms with Gasteiger partial charge in [0.25, 0.3) is 0 Å². The van der Waals surface area contributed by atoms with Crippen LogP contribution in [0.15, 0.2) is 61.1 Å². The molecule has 2 aromatic heterocycles. The summed E-state index contributed by atoms with van der Waals surface area (Å²) in [7, 11) is 0. The van der Waals surface area contributed by atoms with E-state index in [0.717, 1.165) is 11.1 Å². The van der Waals surface area contributed by atoms with Gasteiger partial charge < -0.3 is 15.4 Å². The summed E-state index contributed by atoms with van der Waals surface area (Å²) in [6.07, 6.45) is 4.96. The predicted molar refractivity (Wildman–Crippen MR) is 129 cm³/mol. The van der Waals surface area contributed by atoms with Gasteiger partial charge in [-0.3, -0.25) is 14.8 Å². The molecule has 0 atom stereocenters. The van der Waals surface area contributed by atoms with Crippen molar-refractivity contribution in [2.75, 3.05) is 10.6 Å². The summed E-state index contributed by atoms with van der Waals surface area (Å²) in [5, 5.41) is 16.9. The molecule has 0 saturated carbocycles. The van der Waals surface area contributed by atoms with Gasteiger partial charge in [-0.05, 0) is 48.9 Å². The van der Waals surface area contributed by atoms with E-state index in [4.69, 9.17) is 16.3 Å². The molecule has 0 aliphatic rings. The number of aryl methyl sites for hydroxylation is 1. The number of nitrogens with zero attached hydrogens (tertiary/aromatic N) is 3. The molecule has 7 nitrogen and oxygen atoms in total. The molecule has 2 heterocycles. The van der Waals surface area contributed by atoms with E-state index in [-0.39, 0.29) is 5.91 Å². The number of carbonyl (C=O) groups excluding carboxylic acids is 1. The maximum Gasteiger partial charge on any atom is 0.221 e. The number of nitriles is 1. The van der Waals surface area contributed by atoms with Crippen molar-refractivity contribution in [3.63, 3.8) is 0 Å². The number of nitrogens with one attached hydrogen (secondary N) is 2. The molecule has 1 amide bonds. The molecule has 0 bridgehead atoms. The van der Waals surface area contributed by atoms with Crippen LogP contribution >= 0.6 is 11.6 Å². The molecule has 0 spiro atoms. The van der Waals surface area contributed by atoms with E-state index >= 15 is 0 Å². The van der Waals surface area contributed by atoms with Gasteiger partial charge in [0.1, 0.15) is 18.4 Å². The SMILES string of the molecule is CC(=O)Nc1cc2c(Nc3ccc(OCc4cccnc4)c(Cl)c3)c(C#N)cnc2cc1C. The first kappa shape index (κ1) is 22.1. The van der Waals surface area contributed by atoms with E-state index in [9.17, 15) is 10.1 Å². The Hall–Kier alpha value is -4.15. The smallest absolute Gasteiger partial charge is 0.221 e. The number of rotatable bonds is 6. The normalized spacial score (nSPS) is 10.5. The molecule has 2 N–H and O–H groups in total. The highest BCUT2D eigenvalue weighted by atomic mass is 35.5. The lowest BCUT2D eigenvalue weighted by Crippen LogP contribution is -2.07.